The highest BCUT2D eigenvalue weighted by Crippen LogP contribution is 2.17. The van der Waals surface area contributed by atoms with E-state index in [1.165, 1.54) is 173 Å². The number of aliphatic hydroxyl groups is 4. The highest BCUT2D eigenvalue weighted by Gasteiger charge is 2.28. The van der Waals surface area contributed by atoms with Gasteiger partial charge in [0.2, 0.25) is 5.91 Å². The van der Waals surface area contributed by atoms with Crippen LogP contribution >= 0.6 is 0 Å². The molecule has 0 saturated carbocycles. The van der Waals surface area contributed by atoms with E-state index in [0.29, 0.717) is 12.8 Å². The number of unbranched alkanes of at least 4 members (excludes halogenated alkanes) is 30. The zero-order valence-corrected chi connectivity index (χ0v) is 34.1. The molecule has 0 aromatic carbocycles. The number of amides is 1. The molecule has 0 aromatic heterocycles. The fourth-order valence-electron chi connectivity index (χ4n) is 7.11. The van der Waals surface area contributed by atoms with Crippen LogP contribution in [0.4, 0.5) is 0 Å². The second-order valence-electron chi connectivity index (χ2n) is 15.8. The van der Waals surface area contributed by atoms with E-state index < -0.39 is 36.9 Å². The molecule has 304 valence electrons. The molecule has 0 aliphatic carbocycles. The van der Waals surface area contributed by atoms with Crippen molar-refractivity contribution in [3.05, 3.63) is 12.2 Å². The van der Waals surface area contributed by atoms with Gasteiger partial charge in [0.05, 0.1) is 18.8 Å². The van der Waals surface area contributed by atoms with Crippen LogP contribution in [0.25, 0.3) is 0 Å². The van der Waals surface area contributed by atoms with Gasteiger partial charge in [0.25, 0.3) is 0 Å². The number of allylic oxidation sites excluding steroid dienone is 2. The number of hydrogen-bond acceptors (Lipinski definition) is 5. The van der Waals surface area contributed by atoms with Gasteiger partial charge in [-0.2, -0.15) is 0 Å². The Morgan fingerprint density at radius 3 is 1.18 bits per heavy atom. The summed E-state index contributed by atoms with van der Waals surface area (Å²) in [7, 11) is 0. The minimum absolute atomic E-state index is 0.368. The van der Waals surface area contributed by atoms with Crippen molar-refractivity contribution in [2.24, 2.45) is 0 Å². The summed E-state index contributed by atoms with van der Waals surface area (Å²) in [4.78, 5) is 12.5. The van der Waals surface area contributed by atoms with Crippen LogP contribution in [0.2, 0.25) is 0 Å². The van der Waals surface area contributed by atoms with Gasteiger partial charge < -0.3 is 25.7 Å². The van der Waals surface area contributed by atoms with Crippen LogP contribution < -0.4 is 5.32 Å². The molecule has 51 heavy (non-hydrogen) atoms. The fourth-order valence-corrected chi connectivity index (χ4v) is 7.11. The van der Waals surface area contributed by atoms with Crippen LogP contribution in [-0.4, -0.2) is 57.3 Å². The van der Waals surface area contributed by atoms with Gasteiger partial charge in [-0.15, -0.1) is 0 Å². The van der Waals surface area contributed by atoms with Crippen molar-refractivity contribution in [3.8, 4) is 0 Å². The molecule has 6 heteroatoms. The molecule has 0 aliphatic rings. The minimum Gasteiger partial charge on any atom is -0.394 e. The molecule has 4 unspecified atom stereocenters. The summed E-state index contributed by atoms with van der Waals surface area (Å²) < 4.78 is 0. The molecule has 0 heterocycles. The van der Waals surface area contributed by atoms with Crippen LogP contribution in [0.3, 0.4) is 0 Å². The molecule has 6 nitrogen and oxygen atoms in total. The molecule has 0 aliphatic heterocycles. The minimum atomic E-state index is -1.28. The number of aliphatic hydroxyl groups excluding tert-OH is 4. The Labute approximate surface area is 317 Å². The van der Waals surface area contributed by atoms with Gasteiger partial charge in [0.1, 0.15) is 12.2 Å². The summed E-state index contributed by atoms with van der Waals surface area (Å²) in [6.07, 6.45) is 44.0. The molecule has 0 bridgehead atoms. The van der Waals surface area contributed by atoms with Gasteiger partial charge >= 0.3 is 0 Å². The maximum absolute atomic E-state index is 12.5. The quantitative estimate of drug-likeness (QED) is 0.0319. The van der Waals surface area contributed by atoms with Crippen molar-refractivity contribution in [2.45, 2.75) is 263 Å². The van der Waals surface area contributed by atoms with E-state index in [9.17, 15) is 25.2 Å². The average molecular weight is 724 g/mol. The van der Waals surface area contributed by atoms with Crippen LogP contribution in [-0.2, 0) is 4.79 Å². The molecule has 5 N–H and O–H groups in total. The van der Waals surface area contributed by atoms with Crippen molar-refractivity contribution < 1.29 is 25.2 Å². The smallest absolute Gasteiger partial charge is 0.249 e. The summed E-state index contributed by atoms with van der Waals surface area (Å²) >= 11 is 0. The highest BCUT2D eigenvalue weighted by molar-refractivity contribution is 5.80. The molecule has 0 fully saturated rings. The van der Waals surface area contributed by atoms with E-state index in [0.717, 1.165) is 38.5 Å². The third kappa shape index (κ3) is 34.6. The van der Waals surface area contributed by atoms with Crippen molar-refractivity contribution in [2.75, 3.05) is 6.61 Å². The average Bonchev–Trinajstić information content (AvgIpc) is 3.13. The molecule has 0 spiro atoms. The monoisotopic (exact) mass is 724 g/mol. The third-order valence-corrected chi connectivity index (χ3v) is 10.7. The largest absolute Gasteiger partial charge is 0.394 e. The predicted octanol–water partition coefficient (Wildman–Crippen LogP) is 11.8. The maximum atomic E-state index is 12.5. The second kappa shape index (κ2) is 40.2. The Morgan fingerprint density at radius 2 is 0.804 bits per heavy atom. The van der Waals surface area contributed by atoms with Crippen molar-refractivity contribution in [1.82, 2.24) is 5.32 Å². The number of hydrogen-bond donors (Lipinski definition) is 5. The Bertz CT molecular complexity index is 731. The first-order chi connectivity index (χ1) is 25.0. The fraction of sp³-hybridized carbons (Fsp3) is 0.933. The van der Waals surface area contributed by atoms with Crippen LogP contribution in [0, 0.1) is 0 Å². The maximum Gasteiger partial charge on any atom is 0.249 e. The lowest BCUT2D eigenvalue weighted by molar-refractivity contribution is -0.132. The summed E-state index contributed by atoms with van der Waals surface area (Å²) in [5.41, 5.74) is 0. The van der Waals surface area contributed by atoms with E-state index in [-0.39, 0.29) is 0 Å². The first kappa shape index (κ1) is 50.1. The van der Waals surface area contributed by atoms with Gasteiger partial charge in [-0.25, -0.2) is 0 Å². The lowest BCUT2D eigenvalue weighted by atomic mass is 10.00. The first-order valence-electron chi connectivity index (χ1n) is 22.6. The normalized spacial score (nSPS) is 14.2. The van der Waals surface area contributed by atoms with E-state index in [4.69, 9.17) is 0 Å². The molecule has 0 saturated heterocycles. The summed E-state index contributed by atoms with van der Waals surface area (Å²) in [6.45, 7) is 4.03. The summed E-state index contributed by atoms with van der Waals surface area (Å²) in [6, 6.07) is -0.996. The summed E-state index contributed by atoms with van der Waals surface area (Å²) in [5.74, 6) is -0.590. The van der Waals surface area contributed by atoms with Gasteiger partial charge in [-0.1, -0.05) is 212 Å². The SMILES string of the molecule is CCCCCCCCC/C=C/CCCC(O)C(O)C(CO)NC(=O)C(O)CCCCCCCCCCCCCCCCCCCCCCCCC. The van der Waals surface area contributed by atoms with Crippen LogP contribution in [0.5, 0.6) is 0 Å². The Hall–Kier alpha value is -0.950. The van der Waals surface area contributed by atoms with E-state index in [1.54, 1.807) is 0 Å². The Morgan fingerprint density at radius 1 is 0.471 bits per heavy atom. The molecular weight excluding hydrogens is 634 g/mol. The Kier molecular flexibility index (Phi) is 39.5. The van der Waals surface area contributed by atoms with Gasteiger partial charge in [0, 0.05) is 0 Å². The van der Waals surface area contributed by atoms with Gasteiger partial charge in [-0.3, -0.25) is 4.79 Å². The molecule has 0 radical (unpaired) electrons. The zero-order chi connectivity index (χ0) is 37.5. The van der Waals surface area contributed by atoms with E-state index in [1.807, 2.05) is 0 Å². The third-order valence-electron chi connectivity index (χ3n) is 10.7. The van der Waals surface area contributed by atoms with Crippen LogP contribution in [0.1, 0.15) is 239 Å². The molecular formula is C45H89NO5. The molecule has 0 aromatic rings. The molecule has 4 atom stereocenters. The Balaban J connectivity index is 3.67. The predicted molar refractivity (Wildman–Crippen MR) is 219 cm³/mol. The van der Waals surface area contributed by atoms with Crippen molar-refractivity contribution in [1.29, 1.82) is 0 Å². The number of rotatable bonds is 41. The van der Waals surface area contributed by atoms with Crippen LogP contribution in [0.15, 0.2) is 12.2 Å². The van der Waals surface area contributed by atoms with Gasteiger partial charge in [0.15, 0.2) is 0 Å². The summed E-state index contributed by atoms with van der Waals surface area (Å²) in [5, 5.41) is 43.6. The standard InChI is InChI=1S/C45H89NO5/c1-3-5-7-9-11-13-15-17-18-19-20-21-22-23-24-25-26-27-29-31-33-35-37-39-43(49)45(51)46-41(40-47)44(50)42(48)38-36-34-32-30-28-16-14-12-10-8-6-4-2/h30,32,41-44,47-50H,3-29,31,33-40H2,1-2H3,(H,46,51)/b32-30+. The number of carbonyl (C=O) groups excluding carboxylic acids is 1. The second-order valence-corrected chi connectivity index (χ2v) is 15.8. The van der Waals surface area contributed by atoms with E-state index >= 15 is 0 Å². The van der Waals surface area contributed by atoms with Gasteiger partial charge in [-0.05, 0) is 38.5 Å². The van der Waals surface area contributed by atoms with Crippen molar-refractivity contribution in [3.63, 3.8) is 0 Å². The topological polar surface area (TPSA) is 110 Å². The highest BCUT2D eigenvalue weighted by atomic mass is 16.3. The number of carbonyl (C=O) groups is 1. The van der Waals surface area contributed by atoms with E-state index in [2.05, 4.69) is 31.3 Å². The first-order valence-corrected chi connectivity index (χ1v) is 22.6. The molecule has 1 amide bonds. The lowest BCUT2D eigenvalue weighted by Gasteiger charge is -2.27. The molecule has 0 rings (SSSR count). The van der Waals surface area contributed by atoms with Crippen molar-refractivity contribution >= 4 is 5.91 Å². The zero-order valence-electron chi connectivity index (χ0n) is 34.1. The number of nitrogens with one attached hydrogen (secondary N) is 1. The lowest BCUT2D eigenvalue weighted by Crippen LogP contribution is -2.53.